The lowest BCUT2D eigenvalue weighted by Gasteiger charge is -2.13. The molecule has 0 bridgehead atoms. The minimum absolute atomic E-state index is 0.0530. The topological polar surface area (TPSA) is 60.9 Å². The number of nitrogens with two attached hydrogens (primary N) is 1. The maximum Gasteiger partial charge on any atom is 0.279 e. The van der Waals surface area contributed by atoms with Gasteiger partial charge < -0.3 is 5.84 Å². The molecule has 0 saturated heterocycles. The molecule has 0 aliphatic rings. The Morgan fingerprint density at radius 3 is 2.61 bits per heavy atom. The number of rotatable bonds is 4. The summed E-state index contributed by atoms with van der Waals surface area (Å²) in [7, 11) is 0. The summed E-state index contributed by atoms with van der Waals surface area (Å²) in [6, 6.07) is 17.4. The van der Waals surface area contributed by atoms with Gasteiger partial charge in [0.2, 0.25) is 0 Å². The number of hydrogen-bond acceptors (Lipinski definition) is 3. The maximum absolute atomic E-state index is 12.3. The molecular formula is C19H19N3O. The van der Waals surface area contributed by atoms with Crippen LogP contribution in [0.5, 0.6) is 0 Å². The number of benzene rings is 2. The lowest BCUT2D eigenvalue weighted by atomic mass is 10.1. The molecule has 0 fully saturated rings. The van der Waals surface area contributed by atoms with Crippen molar-refractivity contribution in [2.45, 2.75) is 19.3 Å². The predicted molar refractivity (Wildman–Crippen MR) is 94.7 cm³/mol. The molecule has 4 nitrogen and oxygen atoms in total. The molecule has 1 aromatic heterocycles. The van der Waals surface area contributed by atoms with Gasteiger partial charge in [-0.15, -0.1) is 0 Å². The fraction of sp³-hybridized carbons (Fsp3) is 0.158. The van der Waals surface area contributed by atoms with Gasteiger partial charge in [0.1, 0.15) is 5.82 Å². The standard InChI is InChI=1S/C19H19N3O/c1-14(8-7-11-15-9-3-2-4-10-15)18-21-17-13-6-5-12-16(17)19(23)22(18)20/h2-7,9-14H,8,20H2,1H3/b11-7-/t14-/m1/s1. The smallest absolute Gasteiger partial charge is 0.279 e. The summed E-state index contributed by atoms with van der Waals surface area (Å²) in [4.78, 5) is 16.9. The number of aromatic nitrogens is 2. The minimum Gasteiger partial charge on any atom is -0.335 e. The molecular weight excluding hydrogens is 286 g/mol. The van der Waals surface area contributed by atoms with Crippen LogP contribution in [0.25, 0.3) is 17.0 Å². The summed E-state index contributed by atoms with van der Waals surface area (Å²) < 4.78 is 1.17. The average Bonchev–Trinajstić information content (AvgIpc) is 2.59. The Kier molecular flexibility index (Phi) is 4.24. The van der Waals surface area contributed by atoms with Crippen LogP contribution >= 0.6 is 0 Å². The maximum atomic E-state index is 12.3. The van der Waals surface area contributed by atoms with Crippen molar-refractivity contribution in [2.75, 3.05) is 5.84 Å². The molecule has 0 aliphatic heterocycles. The van der Waals surface area contributed by atoms with Crippen LogP contribution in [0.4, 0.5) is 0 Å². The van der Waals surface area contributed by atoms with E-state index in [0.29, 0.717) is 16.7 Å². The number of allylic oxidation sites excluding steroid dienone is 1. The number of fused-ring (bicyclic) bond motifs is 1. The lowest BCUT2D eigenvalue weighted by Crippen LogP contribution is -2.32. The van der Waals surface area contributed by atoms with Crippen molar-refractivity contribution in [3.63, 3.8) is 0 Å². The van der Waals surface area contributed by atoms with Crippen LogP contribution in [0.1, 0.15) is 30.7 Å². The lowest BCUT2D eigenvalue weighted by molar-refractivity contribution is 0.663. The highest BCUT2D eigenvalue weighted by Gasteiger charge is 2.13. The minimum atomic E-state index is -0.204. The second-order valence-electron chi connectivity index (χ2n) is 5.61. The van der Waals surface area contributed by atoms with Crippen LogP contribution in [0.2, 0.25) is 0 Å². The van der Waals surface area contributed by atoms with E-state index >= 15 is 0 Å². The number of nitrogens with zero attached hydrogens (tertiary/aromatic N) is 2. The van der Waals surface area contributed by atoms with Gasteiger partial charge in [-0.2, -0.15) is 0 Å². The van der Waals surface area contributed by atoms with Crippen LogP contribution < -0.4 is 11.4 Å². The highest BCUT2D eigenvalue weighted by Crippen LogP contribution is 2.18. The molecule has 23 heavy (non-hydrogen) atoms. The normalized spacial score (nSPS) is 12.7. The molecule has 116 valence electrons. The average molecular weight is 305 g/mol. The fourth-order valence-electron chi connectivity index (χ4n) is 2.59. The van der Waals surface area contributed by atoms with Crippen molar-refractivity contribution in [1.29, 1.82) is 0 Å². The third-order valence-corrected chi connectivity index (χ3v) is 3.88. The van der Waals surface area contributed by atoms with Crippen molar-refractivity contribution in [3.05, 3.63) is 82.4 Å². The monoisotopic (exact) mass is 305 g/mol. The van der Waals surface area contributed by atoms with E-state index in [1.165, 1.54) is 4.68 Å². The molecule has 4 heteroatoms. The van der Waals surface area contributed by atoms with Crippen LogP contribution in [-0.4, -0.2) is 9.66 Å². The second-order valence-corrected chi connectivity index (χ2v) is 5.61. The van der Waals surface area contributed by atoms with Crippen molar-refractivity contribution < 1.29 is 0 Å². The number of nitrogen functional groups attached to an aromatic ring is 1. The largest absolute Gasteiger partial charge is 0.335 e. The Balaban J connectivity index is 1.86. The molecule has 0 radical (unpaired) electrons. The molecule has 0 spiro atoms. The van der Waals surface area contributed by atoms with E-state index < -0.39 is 0 Å². The SMILES string of the molecule is C[C@H](C/C=C\c1ccccc1)c1nc2ccccc2c(=O)n1N. The molecule has 0 saturated carbocycles. The first kappa shape index (κ1) is 15.0. The Morgan fingerprint density at radius 2 is 1.83 bits per heavy atom. The van der Waals surface area contributed by atoms with Gasteiger partial charge in [0, 0.05) is 5.92 Å². The molecule has 3 aromatic rings. The molecule has 0 aliphatic carbocycles. The predicted octanol–water partition coefficient (Wildman–Crippen LogP) is 3.32. The first-order valence-corrected chi connectivity index (χ1v) is 7.65. The van der Waals surface area contributed by atoms with Gasteiger partial charge in [-0.1, -0.05) is 61.5 Å². The molecule has 1 atom stereocenters. The van der Waals surface area contributed by atoms with Gasteiger partial charge in [-0.05, 0) is 24.1 Å². The summed E-state index contributed by atoms with van der Waals surface area (Å²) in [5, 5.41) is 0.547. The Labute approximate surface area is 134 Å². The van der Waals surface area contributed by atoms with E-state index in [9.17, 15) is 4.79 Å². The molecule has 0 amide bonds. The van der Waals surface area contributed by atoms with E-state index in [1.807, 2.05) is 55.5 Å². The first-order valence-electron chi connectivity index (χ1n) is 7.65. The van der Waals surface area contributed by atoms with Gasteiger partial charge in [0.15, 0.2) is 0 Å². The molecule has 2 N–H and O–H groups in total. The van der Waals surface area contributed by atoms with Crippen molar-refractivity contribution in [3.8, 4) is 0 Å². The number of hydrogen-bond donors (Lipinski definition) is 1. The van der Waals surface area contributed by atoms with E-state index in [0.717, 1.165) is 12.0 Å². The van der Waals surface area contributed by atoms with Gasteiger partial charge in [0.05, 0.1) is 10.9 Å². The summed E-state index contributed by atoms with van der Waals surface area (Å²) >= 11 is 0. The van der Waals surface area contributed by atoms with Gasteiger partial charge >= 0.3 is 0 Å². The third kappa shape index (κ3) is 3.16. The van der Waals surface area contributed by atoms with Crippen LogP contribution in [0.3, 0.4) is 0 Å². The molecule has 0 unspecified atom stereocenters. The summed E-state index contributed by atoms with van der Waals surface area (Å²) in [5.74, 6) is 6.61. The summed E-state index contributed by atoms with van der Waals surface area (Å²) in [5.41, 5.74) is 1.63. The highest BCUT2D eigenvalue weighted by molar-refractivity contribution is 5.77. The summed E-state index contributed by atoms with van der Waals surface area (Å²) in [6.45, 7) is 2.02. The highest BCUT2D eigenvalue weighted by atomic mass is 16.1. The molecule has 3 rings (SSSR count). The zero-order valence-corrected chi connectivity index (χ0v) is 13.0. The van der Waals surface area contributed by atoms with Crippen molar-refractivity contribution in [1.82, 2.24) is 9.66 Å². The summed E-state index contributed by atoms with van der Waals surface area (Å²) in [6.07, 6.45) is 4.91. The molecule has 2 aromatic carbocycles. The Hall–Kier alpha value is -2.88. The van der Waals surface area contributed by atoms with Gasteiger partial charge in [0.25, 0.3) is 5.56 Å². The van der Waals surface area contributed by atoms with Crippen LogP contribution in [0, 0.1) is 0 Å². The van der Waals surface area contributed by atoms with Gasteiger partial charge in [-0.25, -0.2) is 9.66 Å². The van der Waals surface area contributed by atoms with E-state index in [1.54, 1.807) is 6.07 Å². The number of para-hydroxylation sites is 1. The Morgan fingerprint density at radius 1 is 1.13 bits per heavy atom. The quantitative estimate of drug-likeness (QED) is 0.752. The fourth-order valence-corrected chi connectivity index (χ4v) is 2.59. The third-order valence-electron chi connectivity index (χ3n) is 3.88. The van der Waals surface area contributed by atoms with Crippen molar-refractivity contribution >= 4 is 17.0 Å². The zero-order valence-electron chi connectivity index (χ0n) is 13.0. The molecule has 1 heterocycles. The zero-order chi connectivity index (χ0) is 16.2. The van der Waals surface area contributed by atoms with Crippen molar-refractivity contribution in [2.24, 2.45) is 0 Å². The first-order chi connectivity index (χ1) is 11.2. The second kappa shape index (κ2) is 6.48. The van der Waals surface area contributed by atoms with Gasteiger partial charge in [-0.3, -0.25) is 4.79 Å². The van der Waals surface area contributed by atoms with E-state index in [-0.39, 0.29) is 11.5 Å². The van der Waals surface area contributed by atoms with E-state index in [4.69, 9.17) is 5.84 Å². The van der Waals surface area contributed by atoms with E-state index in [2.05, 4.69) is 17.1 Å². The Bertz CT molecular complexity index is 897. The van der Waals surface area contributed by atoms with Crippen LogP contribution in [0.15, 0.2) is 65.5 Å². The van der Waals surface area contributed by atoms with Crippen LogP contribution in [-0.2, 0) is 0 Å².